The molecule has 0 radical (unpaired) electrons. The average Bonchev–Trinajstić information content (AvgIpc) is 2.68. The molecule has 0 spiro atoms. The van der Waals surface area contributed by atoms with E-state index in [4.69, 9.17) is 11.6 Å². The van der Waals surface area contributed by atoms with Crippen molar-refractivity contribution >= 4 is 23.5 Å². The monoisotopic (exact) mass is 366 g/mol. The first kappa shape index (κ1) is 17.9. The summed E-state index contributed by atoms with van der Waals surface area (Å²) in [6, 6.07) is 19.0. The van der Waals surface area contributed by atoms with E-state index in [0.717, 1.165) is 11.1 Å². The van der Waals surface area contributed by atoms with E-state index in [1.165, 1.54) is 0 Å². The number of aromatic nitrogens is 2. The van der Waals surface area contributed by atoms with Crippen LogP contribution in [0, 0.1) is 0 Å². The van der Waals surface area contributed by atoms with Gasteiger partial charge in [-0.05, 0) is 23.3 Å². The van der Waals surface area contributed by atoms with E-state index in [2.05, 4.69) is 15.3 Å². The van der Waals surface area contributed by atoms with Crippen LogP contribution in [0.3, 0.4) is 0 Å². The van der Waals surface area contributed by atoms with E-state index in [-0.39, 0.29) is 5.91 Å². The van der Waals surface area contributed by atoms with E-state index in [0.29, 0.717) is 29.8 Å². The number of benzene rings is 2. The summed E-state index contributed by atoms with van der Waals surface area (Å²) in [6.07, 6.45) is 1.59. The molecule has 0 aliphatic heterocycles. The molecule has 0 bridgehead atoms. The third-order valence-corrected chi connectivity index (χ3v) is 4.25. The maximum Gasteiger partial charge on any atom is 0.270 e. The zero-order valence-corrected chi connectivity index (χ0v) is 15.1. The molecule has 1 heterocycles. The van der Waals surface area contributed by atoms with Crippen LogP contribution >= 0.6 is 11.6 Å². The van der Waals surface area contributed by atoms with Gasteiger partial charge >= 0.3 is 0 Å². The first-order valence-electron chi connectivity index (χ1n) is 8.23. The van der Waals surface area contributed by atoms with Crippen LogP contribution in [-0.4, -0.2) is 22.9 Å². The Bertz CT molecular complexity index is 886. The van der Waals surface area contributed by atoms with Crippen molar-refractivity contribution in [2.75, 3.05) is 11.9 Å². The van der Waals surface area contributed by atoms with Crippen LogP contribution in [0.15, 0.2) is 66.9 Å². The van der Waals surface area contributed by atoms with Gasteiger partial charge in [0.25, 0.3) is 5.91 Å². The SMILES string of the molecule is CN(Cc1ccccc1)c1nccc(C(=O)NCc2ccccc2Cl)n1. The zero-order valence-electron chi connectivity index (χ0n) is 14.4. The van der Waals surface area contributed by atoms with Crippen molar-refractivity contribution in [2.24, 2.45) is 0 Å². The van der Waals surface area contributed by atoms with E-state index < -0.39 is 0 Å². The van der Waals surface area contributed by atoms with Crippen molar-refractivity contribution in [3.63, 3.8) is 0 Å². The third-order valence-electron chi connectivity index (χ3n) is 3.88. The molecule has 6 heteroatoms. The molecule has 0 fully saturated rings. The zero-order chi connectivity index (χ0) is 18.4. The Morgan fingerprint density at radius 2 is 1.81 bits per heavy atom. The van der Waals surface area contributed by atoms with Crippen LogP contribution in [0.25, 0.3) is 0 Å². The molecule has 0 atom stereocenters. The van der Waals surface area contributed by atoms with Gasteiger partial charge in [0.1, 0.15) is 5.69 Å². The van der Waals surface area contributed by atoms with Crippen molar-refractivity contribution in [3.05, 3.63) is 88.7 Å². The van der Waals surface area contributed by atoms with Gasteiger partial charge in [0, 0.05) is 31.4 Å². The Morgan fingerprint density at radius 1 is 1.08 bits per heavy atom. The van der Waals surface area contributed by atoms with Crippen LogP contribution in [0.1, 0.15) is 21.6 Å². The van der Waals surface area contributed by atoms with Crippen LogP contribution in [0.4, 0.5) is 5.95 Å². The summed E-state index contributed by atoms with van der Waals surface area (Å²) >= 11 is 6.11. The Balaban J connectivity index is 1.66. The minimum absolute atomic E-state index is 0.262. The fourth-order valence-electron chi connectivity index (χ4n) is 2.49. The molecule has 3 rings (SSSR count). The number of hydrogen-bond acceptors (Lipinski definition) is 4. The number of halogens is 1. The van der Waals surface area contributed by atoms with Crippen LogP contribution in [-0.2, 0) is 13.1 Å². The van der Waals surface area contributed by atoms with Crippen molar-refractivity contribution < 1.29 is 4.79 Å². The summed E-state index contributed by atoms with van der Waals surface area (Å²) < 4.78 is 0. The summed E-state index contributed by atoms with van der Waals surface area (Å²) in [5, 5.41) is 3.46. The van der Waals surface area contributed by atoms with Crippen molar-refractivity contribution in [1.82, 2.24) is 15.3 Å². The second kappa shape index (κ2) is 8.45. The summed E-state index contributed by atoms with van der Waals surface area (Å²) in [4.78, 5) is 22.9. The highest BCUT2D eigenvalue weighted by Crippen LogP contribution is 2.15. The Kier molecular flexibility index (Phi) is 5.81. The summed E-state index contributed by atoms with van der Waals surface area (Å²) in [7, 11) is 1.90. The fourth-order valence-corrected chi connectivity index (χ4v) is 2.70. The predicted octanol–water partition coefficient (Wildman–Crippen LogP) is 3.70. The number of nitrogens with zero attached hydrogens (tertiary/aromatic N) is 3. The number of anilines is 1. The molecule has 0 aliphatic rings. The number of carbonyl (C=O) groups excluding carboxylic acids is 1. The normalized spacial score (nSPS) is 10.4. The van der Waals surface area contributed by atoms with Gasteiger partial charge in [-0.25, -0.2) is 9.97 Å². The summed E-state index contributed by atoms with van der Waals surface area (Å²) in [5.74, 6) is 0.237. The van der Waals surface area contributed by atoms with E-state index in [1.54, 1.807) is 18.3 Å². The minimum Gasteiger partial charge on any atom is -0.347 e. The van der Waals surface area contributed by atoms with Gasteiger partial charge in [-0.3, -0.25) is 4.79 Å². The average molecular weight is 367 g/mol. The lowest BCUT2D eigenvalue weighted by Crippen LogP contribution is -2.26. The predicted molar refractivity (Wildman–Crippen MR) is 103 cm³/mol. The van der Waals surface area contributed by atoms with Gasteiger partial charge in [-0.1, -0.05) is 60.1 Å². The first-order valence-corrected chi connectivity index (χ1v) is 8.61. The Labute approximate surface area is 157 Å². The van der Waals surface area contributed by atoms with Crippen LogP contribution in [0.2, 0.25) is 5.02 Å². The quantitative estimate of drug-likeness (QED) is 0.722. The lowest BCUT2D eigenvalue weighted by atomic mass is 10.2. The molecule has 1 aromatic heterocycles. The highest BCUT2D eigenvalue weighted by molar-refractivity contribution is 6.31. The standard InChI is InChI=1S/C20H19ClN4O/c1-25(14-15-7-3-2-4-8-15)20-22-12-11-18(24-20)19(26)23-13-16-9-5-6-10-17(16)21/h2-12H,13-14H2,1H3,(H,23,26). The van der Waals surface area contributed by atoms with Gasteiger partial charge in [-0.2, -0.15) is 0 Å². The molecule has 3 aromatic rings. The minimum atomic E-state index is -0.262. The summed E-state index contributed by atoms with van der Waals surface area (Å²) in [5.41, 5.74) is 2.33. The third kappa shape index (κ3) is 4.58. The van der Waals surface area contributed by atoms with Crippen molar-refractivity contribution in [2.45, 2.75) is 13.1 Å². The Morgan fingerprint density at radius 3 is 2.58 bits per heavy atom. The smallest absolute Gasteiger partial charge is 0.270 e. The van der Waals surface area contributed by atoms with E-state index in [1.807, 2.05) is 60.5 Å². The first-order chi connectivity index (χ1) is 12.6. The maximum atomic E-state index is 12.4. The van der Waals surface area contributed by atoms with Gasteiger partial charge in [-0.15, -0.1) is 0 Å². The molecule has 0 saturated carbocycles. The molecular formula is C20H19ClN4O. The van der Waals surface area contributed by atoms with Gasteiger partial charge < -0.3 is 10.2 Å². The van der Waals surface area contributed by atoms with Crippen LogP contribution in [0.5, 0.6) is 0 Å². The van der Waals surface area contributed by atoms with Gasteiger partial charge in [0.15, 0.2) is 0 Å². The molecule has 0 aliphatic carbocycles. The molecular weight excluding hydrogens is 348 g/mol. The molecule has 1 N–H and O–H groups in total. The topological polar surface area (TPSA) is 58.1 Å². The molecule has 0 unspecified atom stereocenters. The van der Waals surface area contributed by atoms with E-state index in [9.17, 15) is 4.79 Å². The number of nitrogens with one attached hydrogen (secondary N) is 1. The molecule has 2 aromatic carbocycles. The maximum absolute atomic E-state index is 12.4. The van der Waals surface area contributed by atoms with Crippen molar-refractivity contribution in [1.29, 1.82) is 0 Å². The molecule has 0 saturated heterocycles. The van der Waals surface area contributed by atoms with Gasteiger partial charge in [0.2, 0.25) is 5.95 Å². The van der Waals surface area contributed by atoms with Crippen LogP contribution < -0.4 is 10.2 Å². The largest absolute Gasteiger partial charge is 0.347 e. The number of carbonyl (C=O) groups is 1. The lowest BCUT2D eigenvalue weighted by Gasteiger charge is -2.17. The highest BCUT2D eigenvalue weighted by atomic mass is 35.5. The number of amides is 1. The molecule has 5 nitrogen and oxygen atoms in total. The molecule has 1 amide bonds. The molecule has 26 heavy (non-hydrogen) atoms. The number of rotatable bonds is 6. The lowest BCUT2D eigenvalue weighted by molar-refractivity contribution is 0.0946. The number of hydrogen-bond donors (Lipinski definition) is 1. The second-order valence-electron chi connectivity index (χ2n) is 5.86. The Hall–Kier alpha value is -2.92. The fraction of sp³-hybridized carbons (Fsp3) is 0.150. The van der Waals surface area contributed by atoms with Crippen molar-refractivity contribution in [3.8, 4) is 0 Å². The highest BCUT2D eigenvalue weighted by Gasteiger charge is 2.12. The molecule has 132 valence electrons. The van der Waals surface area contributed by atoms with Gasteiger partial charge in [0.05, 0.1) is 0 Å². The summed E-state index contributed by atoms with van der Waals surface area (Å²) in [6.45, 7) is 1.00. The van der Waals surface area contributed by atoms with E-state index >= 15 is 0 Å². The second-order valence-corrected chi connectivity index (χ2v) is 6.26.